The van der Waals surface area contributed by atoms with E-state index in [0.717, 1.165) is 0 Å². The van der Waals surface area contributed by atoms with Crippen molar-refractivity contribution in [3.8, 4) is 0 Å². The number of rotatable bonds is 5. The number of nitro benzene ring substituents is 1. The van der Waals surface area contributed by atoms with Crippen LogP contribution in [0.4, 0.5) is 5.69 Å². The van der Waals surface area contributed by atoms with Gasteiger partial charge in [-0.3, -0.25) is 14.8 Å². The Morgan fingerprint density at radius 3 is 2.64 bits per heavy atom. The van der Waals surface area contributed by atoms with E-state index >= 15 is 0 Å². The highest BCUT2D eigenvalue weighted by molar-refractivity contribution is 5.98. The molecule has 1 aromatic heterocycles. The maximum absolute atomic E-state index is 11.7. The lowest BCUT2D eigenvalue weighted by Gasteiger charge is -2.00. The van der Waals surface area contributed by atoms with Crippen molar-refractivity contribution in [3.63, 3.8) is 0 Å². The number of amidine groups is 1. The molecular formula is C13H13N5O4. The van der Waals surface area contributed by atoms with E-state index in [9.17, 15) is 14.9 Å². The molecule has 0 aliphatic carbocycles. The zero-order chi connectivity index (χ0) is 16.1. The zero-order valence-electron chi connectivity index (χ0n) is 11.7. The van der Waals surface area contributed by atoms with Crippen LogP contribution >= 0.6 is 0 Å². The Bertz CT molecular complexity index is 720. The van der Waals surface area contributed by atoms with E-state index in [-0.39, 0.29) is 17.1 Å². The molecule has 0 bridgehead atoms. The van der Waals surface area contributed by atoms with Crippen molar-refractivity contribution in [1.82, 2.24) is 9.78 Å². The quantitative estimate of drug-likeness (QED) is 0.291. The number of hydrogen-bond acceptors (Lipinski definition) is 6. The Labute approximate surface area is 125 Å². The third kappa shape index (κ3) is 3.45. The van der Waals surface area contributed by atoms with Gasteiger partial charge in [-0.05, 0) is 19.1 Å². The summed E-state index contributed by atoms with van der Waals surface area (Å²) in [5.41, 5.74) is 6.25. The number of carbonyl (C=O) groups excluding carboxylic acids is 1. The standard InChI is InChI=1S/C13H13N5O4/c1-2-17-8-10(7-15-17)13(19)22-16-12(14)9-3-5-11(6-4-9)18(20)21/h3-8H,2H2,1H3,(H2,14,16). The maximum atomic E-state index is 11.7. The van der Waals surface area contributed by atoms with Gasteiger partial charge >= 0.3 is 5.97 Å². The minimum absolute atomic E-state index is 0.0638. The van der Waals surface area contributed by atoms with Crippen LogP contribution in [0.25, 0.3) is 0 Å². The number of aryl methyl sites for hydroxylation is 1. The van der Waals surface area contributed by atoms with Crippen molar-refractivity contribution >= 4 is 17.5 Å². The summed E-state index contributed by atoms with van der Waals surface area (Å²) in [6.07, 6.45) is 2.89. The van der Waals surface area contributed by atoms with E-state index in [4.69, 9.17) is 10.6 Å². The number of benzene rings is 1. The largest absolute Gasteiger partial charge is 0.380 e. The van der Waals surface area contributed by atoms with Crippen LogP contribution in [0.3, 0.4) is 0 Å². The molecule has 0 saturated heterocycles. The molecule has 0 aliphatic heterocycles. The highest BCUT2D eigenvalue weighted by atomic mass is 16.7. The molecule has 9 heteroatoms. The zero-order valence-corrected chi connectivity index (χ0v) is 11.7. The lowest BCUT2D eigenvalue weighted by molar-refractivity contribution is -0.384. The third-order valence-electron chi connectivity index (χ3n) is 2.79. The lowest BCUT2D eigenvalue weighted by atomic mass is 10.2. The molecule has 0 amide bonds. The number of aromatic nitrogens is 2. The number of carbonyl (C=O) groups is 1. The fourth-order valence-electron chi connectivity index (χ4n) is 1.59. The molecule has 22 heavy (non-hydrogen) atoms. The second-order valence-corrected chi connectivity index (χ2v) is 4.24. The van der Waals surface area contributed by atoms with E-state index in [2.05, 4.69) is 10.3 Å². The molecule has 0 radical (unpaired) electrons. The first-order valence-electron chi connectivity index (χ1n) is 6.33. The van der Waals surface area contributed by atoms with Crippen LogP contribution in [0.2, 0.25) is 0 Å². The van der Waals surface area contributed by atoms with Gasteiger partial charge in [0.25, 0.3) is 5.69 Å². The number of hydrogen-bond donors (Lipinski definition) is 1. The molecule has 0 atom stereocenters. The molecular weight excluding hydrogens is 290 g/mol. The Kier molecular flexibility index (Phi) is 4.47. The maximum Gasteiger partial charge on any atom is 0.368 e. The van der Waals surface area contributed by atoms with E-state index in [1.165, 1.54) is 36.7 Å². The van der Waals surface area contributed by atoms with Crippen molar-refractivity contribution in [1.29, 1.82) is 0 Å². The molecule has 0 fully saturated rings. The Morgan fingerprint density at radius 1 is 1.41 bits per heavy atom. The van der Waals surface area contributed by atoms with Crippen LogP contribution in [0, 0.1) is 10.1 Å². The second kappa shape index (κ2) is 6.48. The third-order valence-corrected chi connectivity index (χ3v) is 2.79. The first-order chi connectivity index (χ1) is 10.5. The predicted octanol–water partition coefficient (Wildman–Crippen LogP) is 1.29. The summed E-state index contributed by atoms with van der Waals surface area (Å²) < 4.78 is 1.57. The summed E-state index contributed by atoms with van der Waals surface area (Å²) in [5.74, 6) is -0.754. The van der Waals surface area contributed by atoms with Crippen molar-refractivity contribution in [2.45, 2.75) is 13.5 Å². The van der Waals surface area contributed by atoms with Gasteiger partial charge in [-0.1, -0.05) is 5.16 Å². The van der Waals surface area contributed by atoms with E-state index in [1.54, 1.807) is 4.68 Å². The Hall–Kier alpha value is -3.23. The number of nitro groups is 1. The van der Waals surface area contributed by atoms with Crippen LogP contribution < -0.4 is 5.73 Å². The molecule has 2 aromatic rings. The minimum Gasteiger partial charge on any atom is -0.380 e. The van der Waals surface area contributed by atoms with Gasteiger partial charge in [0, 0.05) is 30.4 Å². The molecule has 0 spiro atoms. The number of nitrogens with two attached hydrogens (primary N) is 1. The Balaban J connectivity index is 2.05. The molecule has 2 N–H and O–H groups in total. The van der Waals surface area contributed by atoms with Crippen molar-refractivity contribution in [2.24, 2.45) is 10.9 Å². The summed E-state index contributed by atoms with van der Waals surface area (Å²) in [6, 6.07) is 5.40. The van der Waals surface area contributed by atoms with Crippen molar-refractivity contribution in [2.75, 3.05) is 0 Å². The van der Waals surface area contributed by atoms with Gasteiger partial charge in [-0.15, -0.1) is 0 Å². The topological polar surface area (TPSA) is 126 Å². The van der Waals surface area contributed by atoms with Crippen molar-refractivity contribution < 1.29 is 14.6 Å². The lowest BCUT2D eigenvalue weighted by Crippen LogP contribution is -2.15. The van der Waals surface area contributed by atoms with Crippen LogP contribution in [-0.4, -0.2) is 26.5 Å². The molecule has 0 unspecified atom stereocenters. The summed E-state index contributed by atoms with van der Waals surface area (Å²) in [5, 5.41) is 18.0. The first-order valence-corrected chi connectivity index (χ1v) is 6.33. The van der Waals surface area contributed by atoms with Gasteiger partial charge in [-0.25, -0.2) is 4.79 Å². The highest BCUT2D eigenvalue weighted by Crippen LogP contribution is 2.12. The van der Waals surface area contributed by atoms with Gasteiger partial charge in [0.2, 0.25) is 0 Å². The minimum atomic E-state index is -0.690. The first kappa shape index (κ1) is 15.2. The second-order valence-electron chi connectivity index (χ2n) is 4.24. The summed E-state index contributed by atoms with van der Waals surface area (Å²) in [4.78, 5) is 26.5. The summed E-state index contributed by atoms with van der Waals surface area (Å²) >= 11 is 0. The van der Waals surface area contributed by atoms with E-state index in [1.807, 2.05) is 6.92 Å². The molecule has 114 valence electrons. The summed E-state index contributed by atoms with van der Waals surface area (Å²) in [6.45, 7) is 2.51. The van der Waals surface area contributed by atoms with E-state index < -0.39 is 10.9 Å². The van der Waals surface area contributed by atoms with Crippen LogP contribution in [0.5, 0.6) is 0 Å². The number of oxime groups is 1. The van der Waals surface area contributed by atoms with Crippen LogP contribution in [-0.2, 0) is 11.4 Å². The predicted molar refractivity (Wildman–Crippen MR) is 77.1 cm³/mol. The van der Waals surface area contributed by atoms with Gasteiger partial charge < -0.3 is 10.6 Å². The van der Waals surface area contributed by atoms with Gasteiger partial charge in [-0.2, -0.15) is 5.10 Å². The fourth-order valence-corrected chi connectivity index (χ4v) is 1.59. The average Bonchev–Trinajstić information content (AvgIpc) is 3.01. The molecule has 1 aromatic carbocycles. The molecule has 0 saturated carbocycles. The van der Waals surface area contributed by atoms with Crippen LogP contribution in [0.15, 0.2) is 41.8 Å². The van der Waals surface area contributed by atoms with Crippen LogP contribution in [0.1, 0.15) is 22.8 Å². The highest BCUT2D eigenvalue weighted by Gasteiger charge is 2.11. The number of non-ortho nitro benzene ring substituents is 1. The Morgan fingerprint density at radius 2 is 2.09 bits per heavy atom. The van der Waals surface area contributed by atoms with Crippen molar-refractivity contribution in [3.05, 3.63) is 57.9 Å². The normalized spacial score (nSPS) is 11.2. The monoisotopic (exact) mass is 303 g/mol. The molecule has 2 rings (SSSR count). The number of nitrogens with zero attached hydrogens (tertiary/aromatic N) is 4. The van der Waals surface area contributed by atoms with Gasteiger partial charge in [0.15, 0.2) is 5.84 Å². The van der Waals surface area contributed by atoms with E-state index in [0.29, 0.717) is 12.1 Å². The molecule has 1 heterocycles. The average molecular weight is 303 g/mol. The molecule has 0 aliphatic rings. The molecule has 9 nitrogen and oxygen atoms in total. The van der Waals surface area contributed by atoms with Gasteiger partial charge in [0.05, 0.1) is 16.7 Å². The van der Waals surface area contributed by atoms with Gasteiger partial charge in [0.1, 0.15) is 0 Å². The SMILES string of the molecule is CCn1cc(C(=O)O/N=C(\N)c2ccc([N+](=O)[O-])cc2)cn1. The fraction of sp³-hybridized carbons (Fsp3) is 0.154. The summed E-state index contributed by atoms with van der Waals surface area (Å²) in [7, 11) is 0. The smallest absolute Gasteiger partial charge is 0.368 e.